The van der Waals surface area contributed by atoms with E-state index in [1.807, 2.05) is 11.8 Å². The average molecular weight is 829 g/mol. The van der Waals surface area contributed by atoms with Gasteiger partial charge in [-0.25, -0.2) is 0 Å². The topological polar surface area (TPSA) is 21.3 Å². The fourth-order valence-corrected chi connectivity index (χ4v) is 12.3. The molecule has 0 fully saturated rings. The maximum atomic E-state index is 6.59. The number of benzene rings is 7. The van der Waals surface area contributed by atoms with Crippen molar-refractivity contribution in [2.24, 2.45) is 0 Å². The SMILES string of the molecule is CC(C)(C)c1ccc(-c2cc3c4c(c2)N(c2cccc5oc6ccccc6c25)C2=C(C=C(c5ccccc5)CC2)B4C2=C(CCC(n4c5ccccc5c5ccccc54)=C2)S3)cc1. The predicted octanol–water partition coefficient (Wildman–Crippen LogP) is 15.4. The molecular weight excluding hydrogens is 784 g/mol. The second-order valence-electron chi connectivity index (χ2n) is 18.7. The molecule has 0 amide bonds. The van der Waals surface area contributed by atoms with Crippen molar-refractivity contribution in [1.29, 1.82) is 0 Å². The van der Waals surface area contributed by atoms with Crippen LogP contribution in [0.5, 0.6) is 0 Å². The molecule has 0 unspecified atom stereocenters. The number of aromatic nitrogens is 1. The molecule has 3 nitrogen and oxygen atoms in total. The van der Waals surface area contributed by atoms with Gasteiger partial charge in [0.25, 0.3) is 0 Å². The number of anilines is 2. The highest BCUT2D eigenvalue weighted by Gasteiger charge is 2.45. The first kappa shape index (κ1) is 36.9. The number of allylic oxidation sites excluding steroid dienone is 8. The Morgan fingerprint density at radius 2 is 1.25 bits per heavy atom. The lowest BCUT2D eigenvalue weighted by Gasteiger charge is -2.44. The summed E-state index contributed by atoms with van der Waals surface area (Å²) in [5, 5.41) is 4.94. The van der Waals surface area contributed by atoms with Crippen LogP contribution in [0, 0.1) is 0 Å². The van der Waals surface area contributed by atoms with Crippen LogP contribution in [-0.2, 0) is 5.41 Å². The number of rotatable bonds is 4. The van der Waals surface area contributed by atoms with Gasteiger partial charge in [-0.05, 0) is 123 Å². The second kappa shape index (κ2) is 13.9. The summed E-state index contributed by atoms with van der Waals surface area (Å²) in [7, 11) is 0. The first-order chi connectivity index (χ1) is 30.9. The lowest BCUT2D eigenvalue weighted by molar-refractivity contribution is 0.590. The summed E-state index contributed by atoms with van der Waals surface area (Å²) in [5.74, 6) is 0. The molecule has 7 aromatic carbocycles. The Hall–Kier alpha value is -6.69. The third-order valence-electron chi connectivity index (χ3n) is 14.0. The highest BCUT2D eigenvalue weighted by Crippen LogP contribution is 2.53. The molecule has 63 heavy (non-hydrogen) atoms. The van der Waals surface area contributed by atoms with Crippen LogP contribution in [-0.4, -0.2) is 11.3 Å². The number of thioether (sulfide) groups is 1. The number of para-hydroxylation sites is 3. The van der Waals surface area contributed by atoms with E-state index in [4.69, 9.17) is 4.42 Å². The zero-order valence-corrected chi connectivity index (χ0v) is 36.6. The van der Waals surface area contributed by atoms with Gasteiger partial charge in [-0.2, -0.15) is 0 Å². The molecule has 9 aromatic rings. The van der Waals surface area contributed by atoms with E-state index < -0.39 is 0 Å². The minimum Gasteiger partial charge on any atom is -0.456 e. The van der Waals surface area contributed by atoms with E-state index >= 15 is 0 Å². The summed E-state index contributed by atoms with van der Waals surface area (Å²) >= 11 is 2.01. The highest BCUT2D eigenvalue weighted by atomic mass is 32.2. The van der Waals surface area contributed by atoms with E-state index in [1.54, 1.807) is 0 Å². The lowest BCUT2D eigenvalue weighted by atomic mass is 9.32. The summed E-state index contributed by atoms with van der Waals surface area (Å²) in [4.78, 5) is 5.50. The molecule has 0 N–H and O–H groups in total. The first-order valence-corrected chi connectivity index (χ1v) is 23.3. The van der Waals surface area contributed by atoms with E-state index in [2.05, 4.69) is 200 Å². The minimum absolute atomic E-state index is 0.0810. The van der Waals surface area contributed by atoms with Crippen LogP contribution in [0.4, 0.5) is 11.4 Å². The summed E-state index contributed by atoms with van der Waals surface area (Å²) in [5.41, 5.74) is 20.5. The Morgan fingerprint density at radius 1 is 0.556 bits per heavy atom. The maximum Gasteiger partial charge on any atom is 0.248 e. The molecule has 0 saturated heterocycles. The van der Waals surface area contributed by atoms with Gasteiger partial charge in [-0.1, -0.05) is 159 Å². The molecule has 4 heterocycles. The van der Waals surface area contributed by atoms with Crippen molar-refractivity contribution in [3.8, 4) is 11.1 Å². The van der Waals surface area contributed by atoms with Gasteiger partial charge in [0.1, 0.15) is 11.2 Å². The van der Waals surface area contributed by atoms with Gasteiger partial charge in [0, 0.05) is 38.1 Å². The van der Waals surface area contributed by atoms with Crippen LogP contribution < -0.4 is 10.4 Å². The molecule has 4 aliphatic rings. The van der Waals surface area contributed by atoms with Gasteiger partial charge in [0.05, 0.1) is 22.1 Å². The van der Waals surface area contributed by atoms with Crippen molar-refractivity contribution >= 4 is 90.3 Å². The lowest BCUT2D eigenvalue weighted by Crippen LogP contribution is -2.48. The largest absolute Gasteiger partial charge is 0.456 e. The molecule has 2 aliphatic heterocycles. The molecular formula is C58H45BN2OS. The third-order valence-corrected chi connectivity index (χ3v) is 15.3. The second-order valence-corrected chi connectivity index (χ2v) is 19.8. The van der Waals surface area contributed by atoms with Gasteiger partial charge in [-0.3, -0.25) is 0 Å². The van der Waals surface area contributed by atoms with Crippen LogP contribution in [0.15, 0.2) is 201 Å². The summed E-state index contributed by atoms with van der Waals surface area (Å²) in [6.45, 7) is 6.97. The summed E-state index contributed by atoms with van der Waals surface area (Å²) in [6.07, 6.45) is 9.05. The predicted molar refractivity (Wildman–Crippen MR) is 268 cm³/mol. The Morgan fingerprint density at radius 3 is 2.02 bits per heavy atom. The number of fused-ring (bicyclic) bond motifs is 8. The van der Waals surface area contributed by atoms with Crippen LogP contribution in [0.1, 0.15) is 57.6 Å². The molecule has 0 spiro atoms. The van der Waals surface area contributed by atoms with Gasteiger partial charge < -0.3 is 13.9 Å². The molecule has 0 saturated carbocycles. The van der Waals surface area contributed by atoms with Crippen molar-refractivity contribution in [1.82, 2.24) is 4.57 Å². The molecule has 5 heteroatoms. The van der Waals surface area contributed by atoms with Crippen molar-refractivity contribution in [3.63, 3.8) is 0 Å². The monoisotopic (exact) mass is 828 g/mol. The molecule has 0 bridgehead atoms. The zero-order valence-electron chi connectivity index (χ0n) is 35.8. The van der Waals surface area contributed by atoms with E-state index in [0.717, 1.165) is 42.2 Å². The Balaban J connectivity index is 1.09. The van der Waals surface area contributed by atoms with Crippen LogP contribution in [0.3, 0.4) is 0 Å². The zero-order chi connectivity index (χ0) is 42.0. The van der Waals surface area contributed by atoms with Gasteiger partial charge in [0.15, 0.2) is 0 Å². The van der Waals surface area contributed by atoms with E-state index in [0.29, 0.717) is 0 Å². The average Bonchev–Trinajstić information content (AvgIpc) is 3.87. The van der Waals surface area contributed by atoms with E-state index in [-0.39, 0.29) is 12.1 Å². The Bertz CT molecular complexity index is 3470. The fourth-order valence-electron chi connectivity index (χ4n) is 11.1. The van der Waals surface area contributed by atoms with Crippen LogP contribution in [0.25, 0.3) is 66.1 Å². The molecule has 302 valence electrons. The standard InChI is InChI=1S/C58H45BN2OS/c1-58(2,3)40-27-24-37(25-28-40)39-33-51-57-55(34-39)63-54-31-29-41(60-47-19-10-7-16-42(47)43-17-8-11-20-48(43)60)35-46(54)59(57)45-32-38(36-14-5-4-6-15-36)26-30-49(45)61(51)50-21-13-23-53-56(50)44-18-9-12-22-52(44)62-53/h4-25,27-28,32-35H,26,29-31H2,1-3H3. The number of nitrogens with zero attached hydrogens (tertiary/aromatic N) is 2. The van der Waals surface area contributed by atoms with Gasteiger partial charge in [-0.15, -0.1) is 0 Å². The number of furan rings is 1. The van der Waals surface area contributed by atoms with Gasteiger partial charge in [0.2, 0.25) is 6.71 Å². The third kappa shape index (κ3) is 5.68. The summed E-state index contributed by atoms with van der Waals surface area (Å²) in [6, 6.07) is 58.5. The van der Waals surface area contributed by atoms with E-state index in [1.165, 1.54) is 104 Å². The van der Waals surface area contributed by atoms with Gasteiger partial charge >= 0.3 is 0 Å². The maximum absolute atomic E-state index is 6.59. The molecule has 2 aromatic heterocycles. The minimum atomic E-state index is 0.0810. The highest BCUT2D eigenvalue weighted by molar-refractivity contribution is 8.03. The molecule has 0 radical (unpaired) electrons. The van der Waals surface area contributed by atoms with Crippen molar-refractivity contribution < 1.29 is 4.42 Å². The molecule has 0 atom stereocenters. The smallest absolute Gasteiger partial charge is 0.248 e. The van der Waals surface area contributed by atoms with Crippen molar-refractivity contribution in [3.05, 3.63) is 203 Å². The molecule has 13 rings (SSSR count). The van der Waals surface area contributed by atoms with Crippen LogP contribution in [0.2, 0.25) is 0 Å². The Labute approximate surface area is 372 Å². The molecule has 2 aliphatic carbocycles. The van der Waals surface area contributed by atoms with Crippen molar-refractivity contribution in [2.75, 3.05) is 4.90 Å². The first-order valence-electron chi connectivity index (χ1n) is 22.5. The number of hydrogen-bond donors (Lipinski definition) is 0. The van der Waals surface area contributed by atoms with Crippen LogP contribution >= 0.6 is 11.8 Å². The normalized spacial score (nSPS) is 16.2. The van der Waals surface area contributed by atoms with E-state index in [9.17, 15) is 0 Å². The summed E-state index contributed by atoms with van der Waals surface area (Å²) < 4.78 is 9.15. The fraction of sp³-hybridized carbons (Fsp3) is 0.138. The number of hydrogen-bond acceptors (Lipinski definition) is 3. The quantitative estimate of drug-likeness (QED) is 0.165. The van der Waals surface area contributed by atoms with Crippen molar-refractivity contribution in [2.45, 2.75) is 56.8 Å². The Kier molecular flexibility index (Phi) is 8.15.